The van der Waals surface area contributed by atoms with Crippen molar-refractivity contribution in [2.24, 2.45) is 10.7 Å². The summed E-state index contributed by atoms with van der Waals surface area (Å²) in [6.07, 6.45) is -0.175. The molecule has 0 radical (unpaired) electrons. The average Bonchev–Trinajstić information content (AvgIpc) is 2.64. The molecule has 0 fully saturated rings. The Morgan fingerprint density at radius 3 is 2.59 bits per heavy atom. The summed E-state index contributed by atoms with van der Waals surface area (Å²) in [5.41, 5.74) is 6.67. The molecule has 0 aliphatic heterocycles. The molecule has 2 aromatic rings. The number of hydrogen-bond acceptors (Lipinski definition) is 3. The lowest BCUT2D eigenvalue weighted by Crippen LogP contribution is -2.41. The highest BCUT2D eigenvalue weighted by atomic mass is 19.1. The maximum atomic E-state index is 13.2. The lowest BCUT2D eigenvalue weighted by atomic mass is 10.1. The first kappa shape index (κ1) is 20.2. The highest BCUT2D eigenvalue weighted by Gasteiger charge is 2.07. The van der Waals surface area contributed by atoms with Crippen LogP contribution in [-0.4, -0.2) is 31.1 Å². The zero-order valence-electron chi connectivity index (χ0n) is 15.5. The summed E-state index contributed by atoms with van der Waals surface area (Å²) in [5, 5.41) is 6.36. The minimum absolute atomic E-state index is 0.175. The molecular formula is C20H25FN4O2. The van der Waals surface area contributed by atoms with Gasteiger partial charge in [-0.2, -0.15) is 0 Å². The Balaban J connectivity index is 1.89. The van der Waals surface area contributed by atoms with E-state index in [0.29, 0.717) is 36.9 Å². The number of nitrogens with zero attached hydrogens (tertiary/aromatic N) is 1. The fourth-order valence-electron chi connectivity index (χ4n) is 2.34. The molecule has 0 aliphatic carbocycles. The number of primary amides is 1. The molecule has 27 heavy (non-hydrogen) atoms. The van der Waals surface area contributed by atoms with Gasteiger partial charge in [0.2, 0.25) is 5.91 Å². The van der Waals surface area contributed by atoms with Crippen LogP contribution in [-0.2, 0) is 6.54 Å². The second kappa shape index (κ2) is 10.2. The number of ether oxygens (including phenoxy) is 1. The quantitative estimate of drug-likeness (QED) is 0.491. The highest BCUT2D eigenvalue weighted by Crippen LogP contribution is 2.13. The molecule has 2 rings (SSSR count). The minimum atomic E-state index is -0.452. The molecule has 0 aliphatic rings. The van der Waals surface area contributed by atoms with Crippen molar-refractivity contribution in [3.8, 4) is 5.75 Å². The van der Waals surface area contributed by atoms with Crippen LogP contribution < -0.4 is 21.1 Å². The van der Waals surface area contributed by atoms with Crippen molar-refractivity contribution in [2.45, 2.75) is 26.5 Å². The van der Waals surface area contributed by atoms with Crippen molar-refractivity contribution in [1.29, 1.82) is 0 Å². The smallest absolute Gasteiger partial charge is 0.248 e. The van der Waals surface area contributed by atoms with Gasteiger partial charge in [0.1, 0.15) is 17.7 Å². The summed E-state index contributed by atoms with van der Waals surface area (Å²) in [5.74, 6) is 0.351. The Bertz CT molecular complexity index is 778. The SMILES string of the molecule is CCNC(=NCc1ccc(C(N)=O)cc1)NCC(C)Oc1cccc(F)c1. The molecule has 7 heteroatoms. The molecule has 6 nitrogen and oxygen atoms in total. The monoisotopic (exact) mass is 372 g/mol. The summed E-state index contributed by atoms with van der Waals surface area (Å²) in [7, 11) is 0. The topological polar surface area (TPSA) is 88.7 Å². The fourth-order valence-corrected chi connectivity index (χ4v) is 2.34. The van der Waals surface area contributed by atoms with E-state index in [-0.39, 0.29) is 11.9 Å². The van der Waals surface area contributed by atoms with Crippen molar-refractivity contribution >= 4 is 11.9 Å². The van der Waals surface area contributed by atoms with Crippen LogP contribution in [0.5, 0.6) is 5.75 Å². The van der Waals surface area contributed by atoms with Gasteiger partial charge in [0.05, 0.1) is 13.1 Å². The molecule has 4 N–H and O–H groups in total. The molecule has 0 saturated carbocycles. The van der Waals surface area contributed by atoms with E-state index in [0.717, 1.165) is 5.56 Å². The van der Waals surface area contributed by atoms with E-state index in [1.807, 2.05) is 26.0 Å². The number of nitrogens with one attached hydrogen (secondary N) is 2. The van der Waals surface area contributed by atoms with Crippen LogP contribution in [0, 0.1) is 5.82 Å². The van der Waals surface area contributed by atoms with Gasteiger partial charge >= 0.3 is 0 Å². The van der Waals surface area contributed by atoms with Gasteiger partial charge < -0.3 is 21.1 Å². The average molecular weight is 372 g/mol. The number of hydrogen-bond donors (Lipinski definition) is 3. The van der Waals surface area contributed by atoms with Crippen LogP contribution in [0.1, 0.15) is 29.8 Å². The minimum Gasteiger partial charge on any atom is -0.489 e. The third-order valence-electron chi connectivity index (χ3n) is 3.69. The van der Waals surface area contributed by atoms with Gasteiger partial charge in [-0.15, -0.1) is 0 Å². The van der Waals surface area contributed by atoms with E-state index in [2.05, 4.69) is 15.6 Å². The van der Waals surface area contributed by atoms with E-state index in [1.165, 1.54) is 12.1 Å². The molecule has 1 unspecified atom stereocenters. The van der Waals surface area contributed by atoms with Crippen molar-refractivity contribution in [3.05, 3.63) is 65.5 Å². The summed E-state index contributed by atoms with van der Waals surface area (Å²) in [6.45, 7) is 5.54. The first-order chi connectivity index (χ1) is 13.0. The second-order valence-corrected chi connectivity index (χ2v) is 6.02. The van der Waals surface area contributed by atoms with E-state index in [9.17, 15) is 9.18 Å². The van der Waals surface area contributed by atoms with Gasteiger partial charge in [-0.3, -0.25) is 4.79 Å². The first-order valence-corrected chi connectivity index (χ1v) is 8.81. The van der Waals surface area contributed by atoms with Crippen LogP contribution in [0.2, 0.25) is 0 Å². The fraction of sp³-hybridized carbons (Fsp3) is 0.300. The number of halogens is 1. The molecule has 144 valence electrons. The molecule has 0 spiro atoms. The normalized spacial score (nSPS) is 12.3. The van der Waals surface area contributed by atoms with E-state index in [4.69, 9.17) is 10.5 Å². The Hall–Kier alpha value is -3.09. The number of rotatable bonds is 8. The largest absolute Gasteiger partial charge is 0.489 e. The Kier molecular flexibility index (Phi) is 7.61. The Morgan fingerprint density at radius 1 is 1.22 bits per heavy atom. The van der Waals surface area contributed by atoms with Gasteiger partial charge in [-0.25, -0.2) is 9.38 Å². The Morgan fingerprint density at radius 2 is 1.96 bits per heavy atom. The number of carbonyl (C=O) groups is 1. The molecule has 0 saturated heterocycles. The van der Waals surface area contributed by atoms with Gasteiger partial charge in [0, 0.05) is 18.2 Å². The molecule has 1 amide bonds. The predicted molar refractivity (Wildman–Crippen MR) is 104 cm³/mol. The summed E-state index contributed by atoms with van der Waals surface area (Å²) in [6, 6.07) is 13.1. The number of benzene rings is 2. The van der Waals surface area contributed by atoms with Gasteiger partial charge in [0.25, 0.3) is 0 Å². The molecule has 0 aromatic heterocycles. The van der Waals surface area contributed by atoms with Crippen molar-refractivity contribution in [2.75, 3.05) is 13.1 Å². The van der Waals surface area contributed by atoms with Gasteiger partial charge in [0.15, 0.2) is 5.96 Å². The summed E-state index contributed by atoms with van der Waals surface area (Å²) >= 11 is 0. The van der Waals surface area contributed by atoms with E-state index in [1.54, 1.807) is 24.3 Å². The number of nitrogens with two attached hydrogens (primary N) is 1. The maximum Gasteiger partial charge on any atom is 0.248 e. The molecule has 1 atom stereocenters. The van der Waals surface area contributed by atoms with Crippen LogP contribution in [0.15, 0.2) is 53.5 Å². The third-order valence-corrected chi connectivity index (χ3v) is 3.69. The van der Waals surface area contributed by atoms with E-state index >= 15 is 0 Å². The highest BCUT2D eigenvalue weighted by molar-refractivity contribution is 5.92. The maximum absolute atomic E-state index is 13.2. The lowest BCUT2D eigenvalue weighted by molar-refractivity contribution is 0.100. The van der Waals surface area contributed by atoms with Crippen molar-refractivity contribution < 1.29 is 13.9 Å². The second-order valence-electron chi connectivity index (χ2n) is 6.02. The zero-order valence-corrected chi connectivity index (χ0v) is 15.5. The van der Waals surface area contributed by atoms with Gasteiger partial charge in [-0.1, -0.05) is 18.2 Å². The summed E-state index contributed by atoms with van der Waals surface area (Å²) in [4.78, 5) is 15.6. The number of carbonyl (C=O) groups excluding carboxylic acids is 1. The van der Waals surface area contributed by atoms with Crippen LogP contribution >= 0.6 is 0 Å². The zero-order chi connectivity index (χ0) is 19.6. The molecular weight excluding hydrogens is 347 g/mol. The number of amides is 1. The van der Waals surface area contributed by atoms with Crippen LogP contribution in [0.25, 0.3) is 0 Å². The Labute approximate surface area is 158 Å². The molecule has 0 bridgehead atoms. The standard InChI is InChI=1S/C20H25FN4O2/c1-3-23-20(25-13-15-7-9-16(10-8-15)19(22)26)24-12-14(2)27-18-6-4-5-17(21)11-18/h4-11,14H,3,12-13H2,1-2H3,(H2,22,26)(H2,23,24,25). The third kappa shape index (κ3) is 6.97. The van der Waals surface area contributed by atoms with Crippen LogP contribution in [0.3, 0.4) is 0 Å². The van der Waals surface area contributed by atoms with Crippen molar-refractivity contribution in [3.63, 3.8) is 0 Å². The first-order valence-electron chi connectivity index (χ1n) is 8.81. The number of guanidine groups is 1. The lowest BCUT2D eigenvalue weighted by Gasteiger charge is -2.17. The van der Waals surface area contributed by atoms with Crippen molar-refractivity contribution in [1.82, 2.24) is 10.6 Å². The van der Waals surface area contributed by atoms with E-state index < -0.39 is 5.91 Å². The predicted octanol–water partition coefficient (Wildman–Crippen LogP) is 2.45. The molecule has 0 heterocycles. The van der Waals surface area contributed by atoms with Crippen LogP contribution in [0.4, 0.5) is 4.39 Å². The number of aliphatic imine (C=N–C) groups is 1. The molecule has 2 aromatic carbocycles. The summed E-state index contributed by atoms with van der Waals surface area (Å²) < 4.78 is 18.9. The van der Waals surface area contributed by atoms with Gasteiger partial charge in [-0.05, 0) is 43.7 Å².